The van der Waals surface area contributed by atoms with Crippen LogP contribution in [0.1, 0.15) is 31.2 Å². The molecule has 0 saturated carbocycles. The second-order valence-electron chi connectivity index (χ2n) is 5.62. The monoisotopic (exact) mass is 324 g/mol. The molecule has 0 amide bonds. The Balaban J connectivity index is 2.38. The molecule has 0 aliphatic heterocycles. The number of thiophene rings is 1. The summed E-state index contributed by atoms with van der Waals surface area (Å²) in [6, 6.07) is 5.31. The molecule has 2 rings (SSSR count). The minimum absolute atomic E-state index is 0.108. The first-order valence-corrected chi connectivity index (χ1v) is 8.50. The maximum Gasteiger partial charge on any atom is 0.272 e. The summed E-state index contributed by atoms with van der Waals surface area (Å²) in [6.07, 6.45) is 1.33. The molecule has 0 unspecified atom stereocenters. The molecule has 21 heavy (non-hydrogen) atoms. The molecule has 0 spiro atoms. The van der Waals surface area contributed by atoms with Gasteiger partial charge < -0.3 is 0 Å². The molecule has 1 N–H and O–H groups in total. The predicted molar refractivity (Wildman–Crippen MR) is 81.8 cm³/mol. The average Bonchev–Trinajstić information content (AvgIpc) is 2.97. The van der Waals surface area contributed by atoms with Gasteiger partial charge in [0.05, 0.1) is 6.20 Å². The Morgan fingerprint density at radius 1 is 1.38 bits per heavy atom. The first kappa shape index (κ1) is 15.5. The second-order valence-corrected chi connectivity index (χ2v) is 8.61. The van der Waals surface area contributed by atoms with Gasteiger partial charge in [0.2, 0.25) is 0 Å². The lowest BCUT2D eigenvalue weighted by atomic mass is 9.95. The zero-order valence-electron chi connectivity index (χ0n) is 12.2. The Morgan fingerprint density at radius 3 is 2.57 bits per heavy atom. The van der Waals surface area contributed by atoms with Crippen LogP contribution in [0.3, 0.4) is 0 Å². The number of anilines is 1. The van der Waals surface area contributed by atoms with Crippen molar-refractivity contribution in [1.82, 2.24) is 9.78 Å². The van der Waals surface area contributed by atoms with Crippen molar-refractivity contribution in [2.24, 2.45) is 7.05 Å². The van der Waals surface area contributed by atoms with Crippen molar-refractivity contribution < 1.29 is 8.42 Å². The van der Waals surface area contributed by atoms with E-state index in [0.717, 1.165) is 4.88 Å². The van der Waals surface area contributed by atoms with Gasteiger partial charge in [0.1, 0.15) is 15.8 Å². The van der Waals surface area contributed by atoms with E-state index in [9.17, 15) is 8.42 Å². The van der Waals surface area contributed by atoms with Crippen molar-refractivity contribution in [3.63, 3.8) is 0 Å². The van der Waals surface area contributed by atoms with Crippen LogP contribution in [-0.2, 0) is 22.5 Å². The number of nitrogens with one attached hydrogen (secondary N) is 1. The molecule has 0 aliphatic carbocycles. The zero-order chi connectivity index (χ0) is 15.8. The Kier molecular flexibility index (Phi) is 3.82. The summed E-state index contributed by atoms with van der Waals surface area (Å²) in [5.74, 6) is 0.170. The molecular weight excluding hydrogens is 308 g/mol. The van der Waals surface area contributed by atoms with E-state index in [4.69, 9.17) is 5.26 Å². The number of nitriles is 1. The van der Waals surface area contributed by atoms with Gasteiger partial charge in [0.25, 0.3) is 10.0 Å². The third-order valence-corrected chi connectivity index (χ3v) is 6.22. The van der Waals surface area contributed by atoms with E-state index < -0.39 is 10.0 Å². The summed E-state index contributed by atoms with van der Waals surface area (Å²) >= 11 is 1.22. The van der Waals surface area contributed by atoms with Crippen LogP contribution in [-0.4, -0.2) is 18.2 Å². The third kappa shape index (κ3) is 3.09. The standard InChI is InChI=1S/C13H16N4O2S2/c1-13(2,3)10-5-6-11(20-10)21(18,19)16-12-9(7-14)8-15-17(12)4/h5-6,8,16H,1-4H3. The van der Waals surface area contributed by atoms with Gasteiger partial charge in [-0.2, -0.15) is 10.4 Å². The van der Waals surface area contributed by atoms with E-state index in [-0.39, 0.29) is 21.0 Å². The Morgan fingerprint density at radius 2 is 2.05 bits per heavy atom. The highest BCUT2D eigenvalue weighted by Crippen LogP contribution is 2.32. The Labute approximate surface area is 128 Å². The molecule has 0 aromatic carbocycles. The lowest BCUT2D eigenvalue weighted by molar-refractivity contribution is 0.602. The molecule has 2 heterocycles. The topological polar surface area (TPSA) is 87.8 Å². The fourth-order valence-electron chi connectivity index (χ4n) is 1.69. The van der Waals surface area contributed by atoms with E-state index >= 15 is 0 Å². The van der Waals surface area contributed by atoms with Crippen molar-refractivity contribution in [2.45, 2.75) is 30.4 Å². The molecule has 8 heteroatoms. The molecule has 0 radical (unpaired) electrons. The number of sulfonamides is 1. The largest absolute Gasteiger partial charge is 0.272 e. The van der Waals surface area contributed by atoms with Gasteiger partial charge in [0.15, 0.2) is 5.82 Å². The van der Waals surface area contributed by atoms with Crippen LogP contribution in [0.15, 0.2) is 22.5 Å². The van der Waals surface area contributed by atoms with Crippen molar-refractivity contribution in [3.8, 4) is 6.07 Å². The van der Waals surface area contributed by atoms with Crippen LogP contribution in [0.2, 0.25) is 0 Å². The molecule has 112 valence electrons. The molecule has 0 aliphatic rings. The predicted octanol–water partition coefficient (Wildman–Crippen LogP) is 2.45. The molecule has 6 nitrogen and oxygen atoms in total. The van der Waals surface area contributed by atoms with Crippen molar-refractivity contribution >= 4 is 27.2 Å². The van der Waals surface area contributed by atoms with Gasteiger partial charge in [-0.05, 0) is 17.5 Å². The van der Waals surface area contributed by atoms with Crippen LogP contribution in [0, 0.1) is 11.3 Å². The first-order chi connectivity index (χ1) is 9.65. The normalized spacial score (nSPS) is 12.1. The molecule has 0 atom stereocenters. The smallest absolute Gasteiger partial charge is 0.262 e. The molecule has 0 bridgehead atoms. The molecule has 0 saturated heterocycles. The fourth-order valence-corrected chi connectivity index (χ4v) is 4.16. The van der Waals surface area contributed by atoms with Gasteiger partial charge >= 0.3 is 0 Å². The summed E-state index contributed by atoms with van der Waals surface area (Å²) < 4.78 is 28.8. The fraction of sp³-hybridized carbons (Fsp3) is 0.385. The highest BCUT2D eigenvalue weighted by atomic mass is 32.2. The number of hydrogen-bond acceptors (Lipinski definition) is 5. The maximum atomic E-state index is 12.4. The molecule has 2 aromatic rings. The summed E-state index contributed by atoms with van der Waals surface area (Å²) in [5, 5.41) is 12.9. The van der Waals surface area contributed by atoms with Gasteiger partial charge in [-0.15, -0.1) is 11.3 Å². The highest BCUT2D eigenvalue weighted by Gasteiger charge is 2.24. The number of aryl methyl sites for hydroxylation is 1. The Hall–Kier alpha value is -1.85. The van der Waals surface area contributed by atoms with Crippen LogP contribution in [0.4, 0.5) is 5.82 Å². The average molecular weight is 324 g/mol. The number of rotatable bonds is 3. The highest BCUT2D eigenvalue weighted by molar-refractivity contribution is 7.94. The van der Waals surface area contributed by atoms with Gasteiger partial charge in [-0.1, -0.05) is 20.8 Å². The van der Waals surface area contributed by atoms with Gasteiger partial charge in [-0.25, -0.2) is 8.42 Å². The van der Waals surface area contributed by atoms with Gasteiger partial charge in [0, 0.05) is 11.9 Å². The van der Waals surface area contributed by atoms with Crippen LogP contribution >= 0.6 is 11.3 Å². The third-order valence-electron chi connectivity index (χ3n) is 2.88. The summed E-state index contributed by atoms with van der Waals surface area (Å²) in [6.45, 7) is 6.08. The van der Waals surface area contributed by atoms with E-state index in [0.29, 0.717) is 0 Å². The number of nitrogens with zero attached hydrogens (tertiary/aromatic N) is 3. The maximum absolute atomic E-state index is 12.4. The van der Waals surface area contributed by atoms with Gasteiger partial charge in [-0.3, -0.25) is 9.40 Å². The second kappa shape index (κ2) is 5.16. The Bertz CT molecular complexity index is 804. The lowest BCUT2D eigenvalue weighted by Crippen LogP contribution is -2.15. The zero-order valence-corrected chi connectivity index (χ0v) is 13.8. The minimum Gasteiger partial charge on any atom is -0.262 e. The molecule has 0 fully saturated rings. The van der Waals surface area contributed by atoms with Crippen LogP contribution in [0.25, 0.3) is 0 Å². The van der Waals surface area contributed by atoms with Crippen molar-refractivity contribution in [1.29, 1.82) is 5.26 Å². The van der Waals surface area contributed by atoms with E-state index in [1.165, 1.54) is 22.2 Å². The van der Waals surface area contributed by atoms with Crippen LogP contribution in [0.5, 0.6) is 0 Å². The van der Waals surface area contributed by atoms with Crippen molar-refractivity contribution in [2.75, 3.05) is 4.72 Å². The quantitative estimate of drug-likeness (QED) is 0.939. The first-order valence-electron chi connectivity index (χ1n) is 6.20. The SMILES string of the molecule is Cn1ncc(C#N)c1NS(=O)(=O)c1ccc(C(C)(C)C)s1. The molecular formula is C13H16N4O2S2. The van der Waals surface area contributed by atoms with Crippen LogP contribution < -0.4 is 4.72 Å². The van der Waals surface area contributed by atoms with Crippen molar-refractivity contribution in [3.05, 3.63) is 28.8 Å². The number of hydrogen-bond donors (Lipinski definition) is 1. The summed E-state index contributed by atoms with van der Waals surface area (Å²) in [5.41, 5.74) is 0.0802. The lowest BCUT2D eigenvalue weighted by Gasteiger charge is -2.15. The summed E-state index contributed by atoms with van der Waals surface area (Å²) in [7, 11) is -2.14. The van der Waals surface area contributed by atoms with E-state index in [2.05, 4.69) is 9.82 Å². The van der Waals surface area contributed by atoms with E-state index in [1.54, 1.807) is 13.1 Å². The minimum atomic E-state index is -3.72. The summed E-state index contributed by atoms with van der Waals surface area (Å²) in [4.78, 5) is 0.980. The number of aromatic nitrogens is 2. The molecule has 2 aromatic heterocycles. The van der Waals surface area contributed by atoms with E-state index in [1.807, 2.05) is 32.9 Å².